The number of amides is 1. The number of hydrogen-bond acceptors (Lipinski definition) is 8. The molecule has 1 heterocycles. The Morgan fingerprint density at radius 3 is 2.28 bits per heavy atom. The van der Waals surface area contributed by atoms with Gasteiger partial charge in [-0.1, -0.05) is 6.07 Å². The first-order valence-corrected chi connectivity index (χ1v) is 11.6. The molecule has 1 fully saturated rings. The predicted molar refractivity (Wildman–Crippen MR) is 116 cm³/mol. The number of nitro groups is 1. The van der Waals surface area contributed by atoms with Gasteiger partial charge in [0.1, 0.15) is 0 Å². The lowest BCUT2D eigenvalue weighted by atomic mass is 10.1. The first kappa shape index (κ1) is 23.3. The van der Waals surface area contributed by atoms with Crippen molar-refractivity contribution in [1.82, 2.24) is 4.90 Å². The maximum Gasteiger partial charge on any atom is 0.270 e. The molecule has 1 aliphatic rings. The fourth-order valence-corrected chi connectivity index (χ4v) is 5.46. The van der Waals surface area contributed by atoms with Crippen LogP contribution in [0, 0.1) is 10.1 Å². The molecular formula is C21H24N2O8S. The summed E-state index contributed by atoms with van der Waals surface area (Å²) in [6.07, 6.45) is 0.285. The van der Waals surface area contributed by atoms with Crippen LogP contribution in [0.3, 0.4) is 0 Å². The smallest absolute Gasteiger partial charge is 0.270 e. The number of non-ortho nitro benzene ring substituents is 1. The van der Waals surface area contributed by atoms with Crippen LogP contribution < -0.4 is 14.2 Å². The number of sulfone groups is 1. The molecule has 0 aromatic heterocycles. The molecule has 0 aliphatic carbocycles. The number of methoxy groups -OCH3 is 3. The van der Waals surface area contributed by atoms with E-state index in [1.165, 1.54) is 50.5 Å². The molecule has 0 radical (unpaired) electrons. The van der Waals surface area contributed by atoms with Crippen molar-refractivity contribution in [3.05, 3.63) is 57.6 Å². The average molecular weight is 464 g/mol. The molecule has 2 aromatic carbocycles. The Kier molecular flexibility index (Phi) is 6.87. The number of carbonyl (C=O) groups is 1. The van der Waals surface area contributed by atoms with Crippen LogP contribution in [0.4, 0.5) is 5.69 Å². The minimum atomic E-state index is -3.28. The normalized spacial score (nSPS) is 16.9. The van der Waals surface area contributed by atoms with Crippen molar-refractivity contribution in [1.29, 1.82) is 0 Å². The van der Waals surface area contributed by atoms with Gasteiger partial charge in [-0.2, -0.15) is 0 Å². The van der Waals surface area contributed by atoms with Crippen molar-refractivity contribution in [3.8, 4) is 17.2 Å². The zero-order valence-corrected chi connectivity index (χ0v) is 18.8. The first-order chi connectivity index (χ1) is 15.2. The monoisotopic (exact) mass is 464 g/mol. The van der Waals surface area contributed by atoms with Crippen molar-refractivity contribution >= 4 is 21.4 Å². The van der Waals surface area contributed by atoms with Gasteiger partial charge in [0, 0.05) is 30.3 Å². The minimum Gasteiger partial charge on any atom is -0.493 e. The van der Waals surface area contributed by atoms with Crippen LogP contribution in [0.2, 0.25) is 0 Å². The second kappa shape index (κ2) is 9.43. The summed E-state index contributed by atoms with van der Waals surface area (Å²) in [5, 5.41) is 11.1. The summed E-state index contributed by atoms with van der Waals surface area (Å²) in [5.41, 5.74) is 0.515. The fraction of sp³-hybridized carbons (Fsp3) is 0.381. The number of nitro benzene ring substituents is 1. The Morgan fingerprint density at radius 2 is 1.78 bits per heavy atom. The maximum absolute atomic E-state index is 13.4. The zero-order chi connectivity index (χ0) is 23.5. The molecule has 3 rings (SSSR count). The van der Waals surface area contributed by atoms with Gasteiger partial charge in [-0.15, -0.1) is 0 Å². The SMILES string of the molecule is COc1cc(CN(C(=O)c2cccc([N+](=O)[O-])c2)C2CCS(=O)(=O)C2)cc(OC)c1OC. The Hall–Kier alpha value is -3.34. The highest BCUT2D eigenvalue weighted by Crippen LogP contribution is 2.39. The number of hydrogen-bond donors (Lipinski definition) is 0. The van der Waals surface area contributed by atoms with E-state index < -0.39 is 26.7 Å². The number of nitrogens with zero attached hydrogens (tertiary/aromatic N) is 2. The Morgan fingerprint density at radius 1 is 1.12 bits per heavy atom. The van der Waals surface area contributed by atoms with Crippen molar-refractivity contribution in [2.24, 2.45) is 0 Å². The van der Waals surface area contributed by atoms with E-state index in [9.17, 15) is 23.3 Å². The largest absolute Gasteiger partial charge is 0.493 e. The van der Waals surface area contributed by atoms with Crippen LogP contribution in [-0.2, 0) is 16.4 Å². The van der Waals surface area contributed by atoms with E-state index >= 15 is 0 Å². The van der Waals surface area contributed by atoms with Crippen LogP contribution in [0.1, 0.15) is 22.3 Å². The quantitative estimate of drug-likeness (QED) is 0.431. The molecule has 1 unspecified atom stereocenters. The molecule has 1 amide bonds. The van der Waals surface area contributed by atoms with E-state index in [0.29, 0.717) is 22.8 Å². The molecule has 10 nitrogen and oxygen atoms in total. The van der Waals surface area contributed by atoms with Gasteiger partial charge < -0.3 is 19.1 Å². The molecule has 0 bridgehead atoms. The van der Waals surface area contributed by atoms with Crippen LogP contribution in [0.5, 0.6) is 17.2 Å². The fourth-order valence-electron chi connectivity index (χ4n) is 3.73. The van der Waals surface area contributed by atoms with Crippen molar-refractivity contribution in [3.63, 3.8) is 0 Å². The van der Waals surface area contributed by atoms with Gasteiger partial charge in [0.05, 0.1) is 37.8 Å². The van der Waals surface area contributed by atoms with Crippen molar-refractivity contribution in [2.75, 3.05) is 32.8 Å². The molecule has 0 N–H and O–H groups in total. The molecule has 1 aliphatic heterocycles. The van der Waals surface area contributed by atoms with E-state index in [0.717, 1.165) is 0 Å². The van der Waals surface area contributed by atoms with E-state index in [4.69, 9.17) is 14.2 Å². The van der Waals surface area contributed by atoms with E-state index in [1.54, 1.807) is 12.1 Å². The molecule has 1 atom stereocenters. The van der Waals surface area contributed by atoms with Crippen molar-refractivity contribution in [2.45, 2.75) is 19.0 Å². The topological polar surface area (TPSA) is 125 Å². The van der Waals surface area contributed by atoms with Crippen LogP contribution in [0.25, 0.3) is 0 Å². The Labute approximate surface area is 185 Å². The lowest BCUT2D eigenvalue weighted by Gasteiger charge is -2.29. The summed E-state index contributed by atoms with van der Waals surface area (Å²) in [4.78, 5) is 25.4. The predicted octanol–water partition coefficient (Wildman–Crippen LogP) is 2.45. The molecule has 2 aromatic rings. The van der Waals surface area contributed by atoms with Crippen LogP contribution in [-0.4, -0.2) is 63.0 Å². The summed E-state index contributed by atoms with van der Waals surface area (Å²) in [6, 6.07) is 8.17. The van der Waals surface area contributed by atoms with Gasteiger partial charge in [0.25, 0.3) is 11.6 Å². The lowest BCUT2D eigenvalue weighted by Crippen LogP contribution is -2.40. The summed E-state index contributed by atoms with van der Waals surface area (Å²) in [7, 11) is 1.13. The van der Waals surface area contributed by atoms with Gasteiger partial charge in [-0.25, -0.2) is 8.42 Å². The standard InChI is InChI=1S/C21H24N2O8S/c1-29-18-9-14(10-19(30-2)20(18)31-3)12-22(17-7-8-32(27,28)13-17)21(24)15-5-4-6-16(11-15)23(25)26/h4-6,9-11,17H,7-8,12-13H2,1-3H3. The average Bonchev–Trinajstić information content (AvgIpc) is 3.15. The van der Waals surface area contributed by atoms with Gasteiger partial charge in [0.2, 0.25) is 5.75 Å². The van der Waals surface area contributed by atoms with Gasteiger partial charge in [-0.3, -0.25) is 14.9 Å². The Balaban J connectivity index is 2.02. The minimum absolute atomic E-state index is 0.0222. The number of ether oxygens (including phenoxy) is 3. The highest BCUT2D eigenvalue weighted by atomic mass is 32.2. The summed E-state index contributed by atoms with van der Waals surface area (Å²) in [5.74, 6) is 0.486. The molecule has 0 saturated carbocycles. The third-order valence-electron chi connectivity index (χ3n) is 5.29. The summed E-state index contributed by atoms with van der Waals surface area (Å²) in [6.45, 7) is 0.0540. The number of rotatable bonds is 8. The maximum atomic E-state index is 13.4. The lowest BCUT2D eigenvalue weighted by molar-refractivity contribution is -0.384. The third kappa shape index (κ3) is 4.93. The van der Waals surface area contributed by atoms with E-state index in [1.807, 2.05) is 0 Å². The van der Waals surface area contributed by atoms with Gasteiger partial charge in [0.15, 0.2) is 21.3 Å². The van der Waals surface area contributed by atoms with E-state index in [-0.39, 0.29) is 35.7 Å². The number of benzene rings is 2. The second-order valence-electron chi connectivity index (χ2n) is 7.33. The van der Waals surface area contributed by atoms with Crippen LogP contribution in [0.15, 0.2) is 36.4 Å². The third-order valence-corrected chi connectivity index (χ3v) is 7.04. The summed E-state index contributed by atoms with van der Waals surface area (Å²) < 4.78 is 40.3. The van der Waals surface area contributed by atoms with Gasteiger partial charge in [-0.05, 0) is 30.2 Å². The molecular weight excluding hydrogens is 440 g/mol. The molecule has 172 valence electrons. The highest BCUT2D eigenvalue weighted by molar-refractivity contribution is 7.91. The molecule has 0 spiro atoms. The van der Waals surface area contributed by atoms with Gasteiger partial charge >= 0.3 is 0 Å². The van der Waals surface area contributed by atoms with Crippen molar-refractivity contribution < 1.29 is 32.3 Å². The number of carbonyl (C=O) groups excluding carboxylic acids is 1. The molecule has 32 heavy (non-hydrogen) atoms. The Bertz CT molecular complexity index is 1110. The molecule has 11 heteroatoms. The first-order valence-electron chi connectivity index (χ1n) is 9.73. The zero-order valence-electron chi connectivity index (χ0n) is 17.9. The molecule has 1 saturated heterocycles. The highest BCUT2D eigenvalue weighted by Gasteiger charge is 2.35. The summed E-state index contributed by atoms with van der Waals surface area (Å²) >= 11 is 0. The second-order valence-corrected chi connectivity index (χ2v) is 9.56. The van der Waals surface area contributed by atoms with Crippen LogP contribution >= 0.6 is 0 Å². The van der Waals surface area contributed by atoms with E-state index in [2.05, 4.69) is 0 Å².